The Kier molecular flexibility index (Phi) is 3.97. The number of nitrogens with one attached hydrogen (secondary N) is 1. The summed E-state index contributed by atoms with van der Waals surface area (Å²) < 4.78 is 40.2. The Morgan fingerprint density at radius 2 is 1.83 bits per heavy atom. The molecule has 1 atom stereocenters. The van der Waals surface area contributed by atoms with Crippen molar-refractivity contribution in [3.05, 3.63) is 50.4 Å². The highest BCUT2D eigenvalue weighted by atomic mass is 79.9. The first-order valence-electron chi connectivity index (χ1n) is 5.14. The largest absolute Gasteiger partial charge is 0.375 e. The molecule has 0 aliphatic heterocycles. The molecule has 1 aromatic heterocycles. The van der Waals surface area contributed by atoms with Crippen LogP contribution in [0.1, 0.15) is 17.8 Å². The summed E-state index contributed by atoms with van der Waals surface area (Å²) >= 11 is 4.82. The molecular weight excluding hydrogens is 327 g/mol. The fourth-order valence-electron chi connectivity index (χ4n) is 1.50. The van der Waals surface area contributed by atoms with Gasteiger partial charge in [-0.25, -0.2) is 13.2 Å². The van der Waals surface area contributed by atoms with E-state index in [1.54, 1.807) is 0 Å². The van der Waals surface area contributed by atoms with Crippen LogP contribution in [-0.2, 0) is 0 Å². The number of thiophene rings is 1. The highest BCUT2D eigenvalue weighted by Crippen LogP contribution is 2.30. The Bertz CT molecular complexity index is 570. The van der Waals surface area contributed by atoms with Crippen molar-refractivity contribution < 1.29 is 13.2 Å². The fourth-order valence-corrected chi connectivity index (χ4v) is 2.93. The van der Waals surface area contributed by atoms with Crippen LogP contribution in [-0.4, -0.2) is 0 Å². The highest BCUT2D eigenvalue weighted by molar-refractivity contribution is 9.11. The zero-order valence-corrected chi connectivity index (χ0v) is 11.7. The van der Waals surface area contributed by atoms with E-state index in [2.05, 4.69) is 21.2 Å². The minimum absolute atomic E-state index is 0.0501. The van der Waals surface area contributed by atoms with Gasteiger partial charge >= 0.3 is 0 Å². The molecule has 96 valence electrons. The van der Waals surface area contributed by atoms with E-state index in [1.807, 2.05) is 19.1 Å². The van der Waals surface area contributed by atoms with Gasteiger partial charge in [-0.1, -0.05) is 0 Å². The molecule has 0 saturated heterocycles. The Balaban J connectivity index is 2.22. The minimum atomic E-state index is -1.46. The van der Waals surface area contributed by atoms with E-state index in [0.717, 1.165) is 14.7 Å². The predicted molar refractivity (Wildman–Crippen MR) is 70.4 cm³/mol. The van der Waals surface area contributed by atoms with E-state index in [9.17, 15) is 13.2 Å². The molecule has 18 heavy (non-hydrogen) atoms. The van der Waals surface area contributed by atoms with Crippen LogP contribution in [0.5, 0.6) is 0 Å². The van der Waals surface area contributed by atoms with Crippen molar-refractivity contribution in [1.29, 1.82) is 0 Å². The van der Waals surface area contributed by atoms with E-state index < -0.39 is 17.5 Å². The fraction of sp³-hybridized carbons (Fsp3) is 0.167. The average molecular weight is 336 g/mol. The number of benzene rings is 1. The number of hydrogen-bond acceptors (Lipinski definition) is 2. The normalized spacial score (nSPS) is 12.5. The third kappa shape index (κ3) is 2.70. The second kappa shape index (κ2) is 5.32. The van der Waals surface area contributed by atoms with Crippen molar-refractivity contribution in [3.8, 4) is 0 Å². The lowest BCUT2D eigenvalue weighted by atomic mass is 10.2. The van der Waals surface area contributed by atoms with Crippen LogP contribution in [0, 0.1) is 17.5 Å². The number of rotatable bonds is 3. The van der Waals surface area contributed by atoms with E-state index in [4.69, 9.17) is 0 Å². The predicted octanol–water partition coefficient (Wildman–Crippen LogP) is 5.10. The van der Waals surface area contributed by atoms with Crippen LogP contribution >= 0.6 is 27.3 Å². The molecule has 2 rings (SSSR count). The van der Waals surface area contributed by atoms with Gasteiger partial charge in [0.05, 0.1) is 15.5 Å². The lowest BCUT2D eigenvalue weighted by Crippen LogP contribution is -2.08. The quantitative estimate of drug-likeness (QED) is 0.769. The summed E-state index contributed by atoms with van der Waals surface area (Å²) in [6, 6.07) is 5.65. The van der Waals surface area contributed by atoms with Crippen molar-refractivity contribution in [1.82, 2.24) is 0 Å². The number of anilines is 1. The van der Waals surface area contributed by atoms with Gasteiger partial charge in [0.25, 0.3) is 0 Å². The number of halogens is 4. The Morgan fingerprint density at radius 3 is 2.44 bits per heavy atom. The van der Waals surface area contributed by atoms with Crippen LogP contribution in [0.15, 0.2) is 28.1 Å². The van der Waals surface area contributed by atoms with Gasteiger partial charge in [0.1, 0.15) is 0 Å². The highest BCUT2D eigenvalue weighted by Gasteiger charge is 2.16. The molecular formula is C12H9BrF3NS. The van der Waals surface area contributed by atoms with Crippen LogP contribution in [0.2, 0.25) is 0 Å². The van der Waals surface area contributed by atoms with Crippen LogP contribution in [0.25, 0.3) is 0 Å². The molecule has 1 unspecified atom stereocenters. The maximum atomic E-state index is 13.5. The summed E-state index contributed by atoms with van der Waals surface area (Å²) in [5.41, 5.74) is -0.0501. The molecule has 1 heterocycles. The van der Waals surface area contributed by atoms with Crippen molar-refractivity contribution in [2.75, 3.05) is 5.32 Å². The van der Waals surface area contributed by atoms with Gasteiger partial charge in [-0.3, -0.25) is 0 Å². The second-order valence-electron chi connectivity index (χ2n) is 3.73. The van der Waals surface area contributed by atoms with Gasteiger partial charge in [0.15, 0.2) is 17.5 Å². The van der Waals surface area contributed by atoms with Gasteiger partial charge in [0, 0.05) is 4.88 Å². The third-order valence-corrected chi connectivity index (χ3v) is 4.23. The Labute approximate surface area is 115 Å². The summed E-state index contributed by atoms with van der Waals surface area (Å²) in [4.78, 5) is 0.964. The SMILES string of the molecule is CC(Nc1ccc(F)c(F)c1F)c1ccc(Br)s1. The van der Waals surface area contributed by atoms with E-state index >= 15 is 0 Å². The Morgan fingerprint density at radius 1 is 1.11 bits per heavy atom. The summed E-state index contributed by atoms with van der Waals surface area (Å²) in [5.74, 6) is -3.85. The second-order valence-corrected chi connectivity index (χ2v) is 6.23. The monoisotopic (exact) mass is 335 g/mol. The maximum absolute atomic E-state index is 13.5. The molecule has 0 saturated carbocycles. The lowest BCUT2D eigenvalue weighted by Gasteiger charge is -2.14. The van der Waals surface area contributed by atoms with Crippen molar-refractivity contribution in [2.45, 2.75) is 13.0 Å². The standard InChI is InChI=1S/C12H9BrF3NS/c1-6(9-4-5-10(13)18-9)17-8-3-2-7(14)11(15)12(8)16/h2-6,17H,1H3. The van der Waals surface area contributed by atoms with Crippen molar-refractivity contribution in [3.63, 3.8) is 0 Å². The lowest BCUT2D eigenvalue weighted by molar-refractivity contribution is 0.448. The van der Waals surface area contributed by atoms with Gasteiger partial charge < -0.3 is 5.32 Å². The molecule has 0 amide bonds. The topological polar surface area (TPSA) is 12.0 Å². The maximum Gasteiger partial charge on any atom is 0.196 e. The molecule has 0 bridgehead atoms. The molecule has 6 heteroatoms. The molecule has 0 aliphatic carbocycles. The van der Waals surface area contributed by atoms with Gasteiger partial charge in [-0.05, 0) is 47.1 Å². The smallest absolute Gasteiger partial charge is 0.196 e. The molecule has 2 aromatic rings. The zero-order valence-electron chi connectivity index (χ0n) is 9.31. The van der Waals surface area contributed by atoms with E-state index in [0.29, 0.717) is 0 Å². The first-order chi connectivity index (χ1) is 8.49. The van der Waals surface area contributed by atoms with Gasteiger partial charge in [-0.2, -0.15) is 0 Å². The van der Waals surface area contributed by atoms with Crippen LogP contribution in [0.4, 0.5) is 18.9 Å². The molecule has 1 nitrogen and oxygen atoms in total. The van der Waals surface area contributed by atoms with Crippen LogP contribution in [0.3, 0.4) is 0 Å². The van der Waals surface area contributed by atoms with Gasteiger partial charge in [-0.15, -0.1) is 11.3 Å². The summed E-state index contributed by atoms with van der Waals surface area (Å²) in [5, 5.41) is 2.82. The Hall–Kier alpha value is -1.01. The molecule has 0 fully saturated rings. The molecule has 0 radical (unpaired) electrons. The first-order valence-corrected chi connectivity index (χ1v) is 6.75. The number of hydrogen-bond donors (Lipinski definition) is 1. The molecule has 1 aromatic carbocycles. The van der Waals surface area contributed by atoms with E-state index in [-0.39, 0.29) is 11.7 Å². The van der Waals surface area contributed by atoms with Crippen LogP contribution < -0.4 is 5.32 Å². The van der Waals surface area contributed by atoms with Crippen molar-refractivity contribution >= 4 is 33.0 Å². The first kappa shape index (κ1) is 13.4. The van der Waals surface area contributed by atoms with Gasteiger partial charge in [0.2, 0.25) is 0 Å². The zero-order chi connectivity index (χ0) is 13.3. The molecule has 0 aliphatic rings. The summed E-state index contributed by atoms with van der Waals surface area (Å²) in [6.45, 7) is 1.82. The van der Waals surface area contributed by atoms with E-state index in [1.165, 1.54) is 17.4 Å². The third-order valence-electron chi connectivity index (χ3n) is 2.43. The summed E-state index contributed by atoms with van der Waals surface area (Å²) in [6.07, 6.45) is 0. The average Bonchev–Trinajstić information content (AvgIpc) is 2.77. The minimum Gasteiger partial charge on any atom is -0.375 e. The van der Waals surface area contributed by atoms with Crippen molar-refractivity contribution in [2.24, 2.45) is 0 Å². The summed E-state index contributed by atoms with van der Waals surface area (Å²) in [7, 11) is 0. The molecule has 1 N–H and O–H groups in total. The molecule has 0 spiro atoms.